The fourth-order valence-corrected chi connectivity index (χ4v) is 5.17. The molecule has 0 aliphatic carbocycles. The fourth-order valence-electron chi connectivity index (χ4n) is 4.62. The predicted octanol–water partition coefficient (Wildman–Crippen LogP) is 4.48. The van der Waals surface area contributed by atoms with Crippen LogP contribution in [0.25, 0.3) is 10.9 Å². The van der Waals surface area contributed by atoms with Gasteiger partial charge in [0.1, 0.15) is 0 Å². The summed E-state index contributed by atoms with van der Waals surface area (Å²) in [6, 6.07) is 18.3. The van der Waals surface area contributed by atoms with Crippen molar-refractivity contribution in [3.63, 3.8) is 0 Å². The van der Waals surface area contributed by atoms with Gasteiger partial charge in [-0.2, -0.15) is 0 Å². The average molecular weight is 489 g/mol. The highest BCUT2D eigenvalue weighted by molar-refractivity contribution is 7.10. The number of amides is 3. The number of hydrogen-bond donors (Lipinski definition) is 3. The maximum absolute atomic E-state index is 12.8. The lowest BCUT2D eigenvalue weighted by Gasteiger charge is -2.32. The van der Waals surface area contributed by atoms with Gasteiger partial charge in [0, 0.05) is 48.3 Å². The number of benzene rings is 2. The summed E-state index contributed by atoms with van der Waals surface area (Å²) in [7, 11) is 0. The molecule has 9 heteroatoms. The van der Waals surface area contributed by atoms with Crippen molar-refractivity contribution in [3.05, 3.63) is 77.6 Å². The normalized spacial score (nSPS) is 14.2. The van der Waals surface area contributed by atoms with Crippen molar-refractivity contribution in [2.45, 2.75) is 25.7 Å². The number of piperidine rings is 1. The first-order valence-electron chi connectivity index (χ1n) is 11.9. The molecule has 5 rings (SSSR count). The second kappa shape index (κ2) is 10.7. The molecule has 0 saturated carbocycles. The number of urea groups is 1. The van der Waals surface area contributed by atoms with E-state index in [4.69, 9.17) is 0 Å². The summed E-state index contributed by atoms with van der Waals surface area (Å²) in [5, 5.41) is 11.2. The number of nitrogens with one attached hydrogen (secondary N) is 3. The molecule has 2 aromatic carbocycles. The van der Waals surface area contributed by atoms with E-state index in [2.05, 4.69) is 55.5 Å². The van der Waals surface area contributed by atoms with Crippen molar-refractivity contribution in [1.82, 2.24) is 24.8 Å². The van der Waals surface area contributed by atoms with Crippen molar-refractivity contribution in [2.75, 3.05) is 25.0 Å². The highest BCUT2D eigenvalue weighted by atomic mass is 32.1. The van der Waals surface area contributed by atoms with Crippen LogP contribution >= 0.6 is 11.5 Å². The molecular weight excluding hydrogens is 460 g/mol. The smallest absolute Gasteiger partial charge is 0.322 e. The van der Waals surface area contributed by atoms with Gasteiger partial charge in [0.05, 0.1) is 0 Å². The second-order valence-electron chi connectivity index (χ2n) is 8.87. The van der Waals surface area contributed by atoms with Crippen LogP contribution in [0.5, 0.6) is 0 Å². The number of fused-ring (bicyclic) bond motifs is 1. The Morgan fingerprint density at radius 3 is 2.66 bits per heavy atom. The Kier molecular flexibility index (Phi) is 7.04. The van der Waals surface area contributed by atoms with Crippen LogP contribution in [0.15, 0.2) is 60.8 Å². The Morgan fingerprint density at radius 1 is 1.06 bits per heavy atom. The van der Waals surface area contributed by atoms with E-state index < -0.39 is 0 Å². The maximum atomic E-state index is 12.8. The van der Waals surface area contributed by atoms with E-state index in [0.717, 1.165) is 47.3 Å². The molecule has 0 radical (unpaired) electrons. The highest BCUT2D eigenvalue weighted by Gasteiger charge is 2.25. The Morgan fingerprint density at radius 2 is 1.83 bits per heavy atom. The number of likely N-dealkylation sites (tertiary alicyclic amines) is 1. The van der Waals surface area contributed by atoms with Crippen molar-refractivity contribution < 1.29 is 9.59 Å². The van der Waals surface area contributed by atoms with E-state index in [0.29, 0.717) is 37.0 Å². The summed E-state index contributed by atoms with van der Waals surface area (Å²) >= 11 is 1.02. The van der Waals surface area contributed by atoms with Gasteiger partial charge < -0.3 is 15.2 Å². The third-order valence-electron chi connectivity index (χ3n) is 6.55. The lowest BCUT2D eigenvalue weighted by Crippen LogP contribution is -2.41. The van der Waals surface area contributed by atoms with Crippen molar-refractivity contribution in [3.8, 4) is 0 Å². The van der Waals surface area contributed by atoms with E-state index >= 15 is 0 Å². The molecule has 4 aromatic rings. The molecule has 1 fully saturated rings. The third kappa shape index (κ3) is 5.51. The van der Waals surface area contributed by atoms with E-state index in [1.54, 1.807) is 4.90 Å². The van der Waals surface area contributed by atoms with Crippen LogP contribution in [-0.2, 0) is 12.8 Å². The molecule has 0 atom stereocenters. The standard InChI is InChI=1S/C26H28N6O2S/c33-24(27-13-10-20-17-28-22-9-5-4-8-21(20)22)23-25(35-31-30-23)29-26(34)32-14-11-19(12-15-32)16-18-6-2-1-3-7-18/h1-9,17,19,28H,10-16H2,(H,27,33)(H,29,34). The molecule has 0 unspecified atom stereocenters. The zero-order chi connectivity index (χ0) is 24.0. The summed E-state index contributed by atoms with van der Waals surface area (Å²) in [5.74, 6) is 0.237. The van der Waals surface area contributed by atoms with Crippen LogP contribution in [0.3, 0.4) is 0 Å². The first-order valence-corrected chi connectivity index (χ1v) is 12.7. The molecule has 0 bridgehead atoms. The number of H-pyrrole nitrogens is 1. The lowest BCUT2D eigenvalue weighted by molar-refractivity contribution is 0.0950. The summed E-state index contributed by atoms with van der Waals surface area (Å²) < 4.78 is 3.89. The van der Waals surface area contributed by atoms with Gasteiger partial charge in [0.25, 0.3) is 5.91 Å². The number of rotatable bonds is 7. The van der Waals surface area contributed by atoms with E-state index in [1.165, 1.54) is 5.56 Å². The molecule has 2 aromatic heterocycles. The Labute approximate surface area is 207 Å². The highest BCUT2D eigenvalue weighted by Crippen LogP contribution is 2.24. The largest absolute Gasteiger partial charge is 0.361 e. The minimum atomic E-state index is -0.338. The molecule has 3 amide bonds. The van der Waals surface area contributed by atoms with Crippen LogP contribution in [-0.4, -0.2) is 51.0 Å². The van der Waals surface area contributed by atoms with E-state index in [1.807, 2.05) is 30.5 Å². The Hall–Kier alpha value is -3.72. The summed E-state index contributed by atoms with van der Waals surface area (Å²) in [5.41, 5.74) is 3.71. The molecule has 1 saturated heterocycles. The minimum Gasteiger partial charge on any atom is -0.361 e. The van der Waals surface area contributed by atoms with Gasteiger partial charge in [-0.25, -0.2) is 4.79 Å². The summed E-state index contributed by atoms with van der Waals surface area (Å²) in [6.07, 6.45) is 5.62. The van der Waals surface area contributed by atoms with Gasteiger partial charge in [-0.05, 0) is 48.8 Å². The summed E-state index contributed by atoms with van der Waals surface area (Å²) in [6.45, 7) is 1.85. The van der Waals surface area contributed by atoms with Gasteiger partial charge in [0.15, 0.2) is 10.7 Å². The number of para-hydroxylation sites is 1. The Bertz CT molecular complexity index is 1290. The van der Waals surface area contributed by atoms with Gasteiger partial charge in [-0.15, -0.1) is 5.10 Å². The topological polar surface area (TPSA) is 103 Å². The number of hydrogen-bond acceptors (Lipinski definition) is 5. The van der Waals surface area contributed by atoms with Crippen LogP contribution in [0.2, 0.25) is 0 Å². The molecular formula is C26H28N6O2S. The molecule has 1 aliphatic rings. The predicted molar refractivity (Wildman–Crippen MR) is 138 cm³/mol. The van der Waals surface area contributed by atoms with Gasteiger partial charge in [0.2, 0.25) is 0 Å². The number of nitrogens with zero attached hydrogens (tertiary/aromatic N) is 3. The van der Waals surface area contributed by atoms with Crippen molar-refractivity contribution in [1.29, 1.82) is 0 Å². The molecule has 8 nitrogen and oxygen atoms in total. The number of aromatic amines is 1. The number of aromatic nitrogens is 3. The third-order valence-corrected chi connectivity index (χ3v) is 7.19. The first kappa shape index (κ1) is 23.0. The number of anilines is 1. The lowest BCUT2D eigenvalue weighted by atomic mass is 9.90. The van der Waals surface area contributed by atoms with Crippen molar-refractivity contribution in [2.24, 2.45) is 5.92 Å². The van der Waals surface area contributed by atoms with Crippen molar-refractivity contribution >= 4 is 39.4 Å². The quantitative estimate of drug-likeness (QED) is 0.357. The zero-order valence-corrected chi connectivity index (χ0v) is 20.2. The second-order valence-corrected chi connectivity index (χ2v) is 9.62. The SMILES string of the molecule is O=C(NCCc1c[nH]c2ccccc12)c1nnsc1NC(=O)N1CCC(Cc2ccccc2)CC1. The van der Waals surface area contributed by atoms with E-state index in [9.17, 15) is 9.59 Å². The molecule has 1 aliphatic heterocycles. The van der Waals surface area contributed by atoms with Gasteiger partial charge in [-0.1, -0.05) is 53.0 Å². The molecule has 0 spiro atoms. The molecule has 180 valence electrons. The van der Waals surface area contributed by atoms with E-state index in [-0.39, 0.29) is 17.6 Å². The number of carbonyl (C=O) groups excluding carboxylic acids is 2. The first-order chi connectivity index (χ1) is 17.2. The average Bonchev–Trinajstić information content (AvgIpc) is 3.52. The van der Waals surface area contributed by atoms with Crippen LogP contribution in [0.1, 0.15) is 34.5 Å². The molecule has 3 heterocycles. The van der Waals surface area contributed by atoms with Crippen LogP contribution in [0, 0.1) is 5.92 Å². The van der Waals surface area contributed by atoms with Crippen LogP contribution < -0.4 is 10.6 Å². The number of carbonyl (C=O) groups is 2. The summed E-state index contributed by atoms with van der Waals surface area (Å²) in [4.78, 5) is 30.6. The monoisotopic (exact) mass is 488 g/mol. The van der Waals surface area contributed by atoms with Gasteiger partial charge >= 0.3 is 6.03 Å². The Balaban J connectivity index is 1.11. The zero-order valence-electron chi connectivity index (χ0n) is 19.4. The molecule has 35 heavy (non-hydrogen) atoms. The minimum absolute atomic E-state index is 0.154. The maximum Gasteiger partial charge on any atom is 0.322 e. The van der Waals surface area contributed by atoms with Crippen LogP contribution in [0.4, 0.5) is 9.80 Å². The van der Waals surface area contributed by atoms with Gasteiger partial charge in [-0.3, -0.25) is 10.1 Å². The molecule has 3 N–H and O–H groups in total. The fraction of sp³-hybridized carbons (Fsp3) is 0.308.